The molecule has 0 radical (unpaired) electrons. The van der Waals surface area contributed by atoms with Crippen molar-refractivity contribution in [1.29, 1.82) is 0 Å². The average Bonchev–Trinajstić information content (AvgIpc) is 3.68. The fourth-order valence-electron chi connectivity index (χ4n) is 7.31. The van der Waals surface area contributed by atoms with Crippen LogP contribution in [0.1, 0.15) is 0 Å². The van der Waals surface area contributed by atoms with Crippen LogP contribution in [0.4, 0.5) is 0 Å². The second-order valence-electron chi connectivity index (χ2n) is 11.7. The zero-order chi connectivity index (χ0) is 30.2. The first-order valence-corrected chi connectivity index (χ1v) is 16.4. The van der Waals surface area contributed by atoms with Gasteiger partial charge in [-0.1, -0.05) is 126 Å². The fraction of sp³-hybridized carbons (Fsp3) is 0. The Morgan fingerprint density at radius 1 is 0.500 bits per heavy atom. The van der Waals surface area contributed by atoms with Crippen molar-refractivity contribution in [1.82, 2.24) is 9.55 Å². The van der Waals surface area contributed by atoms with Crippen molar-refractivity contribution >= 4 is 75.0 Å². The van der Waals surface area contributed by atoms with E-state index >= 15 is 0 Å². The first-order chi connectivity index (χ1) is 22.9. The molecule has 0 aliphatic carbocycles. The molecule has 0 bridgehead atoms. The standard InChI is InChI=1S/C42H26N3S/c1-3-15-27(16-4-1)39-32-22-10-13-25-35(32)44(28-17-5-2-6-18-28)42(43-39)45-34-24-12-9-21-31(34)37-38-33-23-11-14-26-36(33)46-41(38)30-20-8-7-19-29(30)40(37)45/h1-26H/q+1. The maximum absolute atomic E-state index is 5.66. The number of nitrogens with zero attached hydrogens (tertiary/aromatic N) is 3. The van der Waals surface area contributed by atoms with Crippen LogP contribution in [0.15, 0.2) is 158 Å². The zero-order valence-electron chi connectivity index (χ0n) is 24.8. The van der Waals surface area contributed by atoms with Gasteiger partial charge in [0, 0.05) is 47.3 Å². The van der Waals surface area contributed by atoms with E-state index in [2.05, 4.69) is 167 Å². The van der Waals surface area contributed by atoms with Gasteiger partial charge in [0.2, 0.25) is 0 Å². The van der Waals surface area contributed by atoms with Crippen LogP contribution >= 0.6 is 11.3 Å². The maximum Gasteiger partial charge on any atom is 0.410 e. The maximum atomic E-state index is 5.66. The summed E-state index contributed by atoms with van der Waals surface area (Å²) >= 11 is 1.89. The summed E-state index contributed by atoms with van der Waals surface area (Å²) in [6.45, 7) is 0. The van der Waals surface area contributed by atoms with E-state index in [0.29, 0.717) is 0 Å². The minimum atomic E-state index is 0.860. The number of rotatable bonds is 3. The second-order valence-corrected chi connectivity index (χ2v) is 12.8. The third-order valence-corrected chi connectivity index (χ3v) is 10.4. The highest BCUT2D eigenvalue weighted by Crippen LogP contribution is 2.47. The van der Waals surface area contributed by atoms with Gasteiger partial charge in [0.05, 0.1) is 5.39 Å². The lowest BCUT2D eigenvalue weighted by Gasteiger charge is -2.14. The van der Waals surface area contributed by atoms with Gasteiger partial charge in [-0.3, -0.25) is 0 Å². The number of para-hydroxylation sites is 3. The molecule has 214 valence electrons. The van der Waals surface area contributed by atoms with Crippen LogP contribution in [0.25, 0.3) is 86.5 Å². The summed E-state index contributed by atoms with van der Waals surface area (Å²) < 4.78 is 7.39. The molecule has 3 nitrogen and oxygen atoms in total. The molecule has 0 N–H and O–H groups in total. The van der Waals surface area contributed by atoms with Crippen LogP contribution < -0.4 is 4.57 Å². The monoisotopic (exact) mass is 604 g/mol. The van der Waals surface area contributed by atoms with E-state index in [1.807, 2.05) is 11.3 Å². The molecular weight excluding hydrogens is 579 g/mol. The van der Waals surface area contributed by atoms with Crippen molar-refractivity contribution in [3.8, 4) is 22.9 Å². The Labute approximate surface area is 268 Å². The topological polar surface area (TPSA) is 21.7 Å². The largest absolute Gasteiger partial charge is 0.410 e. The normalized spacial score (nSPS) is 11.9. The Morgan fingerprint density at radius 3 is 1.91 bits per heavy atom. The minimum Gasteiger partial charge on any atom is -0.194 e. The van der Waals surface area contributed by atoms with Crippen LogP contribution in [-0.4, -0.2) is 9.55 Å². The van der Waals surface area contributed by atoms with Gasteiger partial charge in [0.25, 0.3) is 0 Å². The highest BCUT2D eigenvalue weighted by atomic mass is 32.1. The Hall–Kier alpha value is -5.84. The molecule has 7 aromatic carbocycles. The van der Waals surface area contributed by atoms with Gasteiger partial charge in [-0.2, -0.15) is 9.13 Å². The highest BCUT2D eigenvalue weighted by molar-refractivity contribution is 7.27. The average molecular weight is 605 g/mol. The predicted octanol–water partition coefficient (Wildman–Crippen LogP) is 10.8. The van der Waals surface area contributed by atoms with Crippen LogP contribution in [0.3, 0.4) is 0 Å². The Balaban J connectivity index is 1.50. The second kappa shape index (κ2) is 9.83. The van der Waals surface area contributed by atoms with Crippen LogP contribution in [0.5, 0.6) is 0 Å². The van der Waals surface area contributed by atoms with E-state index in [-0.39, 0.29) is 0 Å². The minimum absolute atomic E-state index is 0.860. The summed E-state index contributed by atoms with van der Waals surface area (Å²) in [5.74, 6) is 0.860. The molecule has 0 saturated heterocycles. The van der Waals surface area contributed by atoms with Crippen molar-refractivity contribution < 1.29 is 4.57 Å². The summed E-state index contributed by atoms with van der Waals surface area (Å²) in [5, 5.41) is 8.73. The summed E-state index contributed by atoms with van der Waals surface area (Å²) in [6, 6.07) is 56.4. The zero-order valence-corrected chi connectivity index (χ0v) is 25.6. The van der Waals surface area contributed by atoms with E-state index in [1.165, 1.54) is 47.2 Å². The molecule has 4 heteroatoms. The fourth-order valence-corrected chi connectivity index (χ4v) is 8.56. The number of hydrogen-bond acceptors (Lipinski definition) is 2. The van der Waals surface area contributed by atoms with Crippen molar-refractivity contribution in [3.05, 3.63) is 158 Å². The summed E-state index contributed by atoms with van der Waals surface area (Å²) in [6.07, 6.45) is 0. The summed E-state index contributed by atoms with van der Waals surface area (Å²) in [7, 11) is 0. The first-order valence-electron chi connectivity index (χ1n) is 15.6. The van der Waals surface area contributed by atoms with E-state index in [9.17, 15) is 0 Å². The molecule has 0 aliphatic rings. The molecule has 0 spiro atoms. The molecule has 0 fully saturated rings. The number of aromatic nitrogens is 3. The number of thiophene rings is 1. The molecular formula is C42H26N3S+. The Morgan fingerprint density at radius 2 is 1.11 bits per heavy atom. The van der Waals surface area contributed by atoms with Gasteiger partial charge in [0.15, 0.2) is 5.69 Å². The summed E-state index contributed by atoms with van der Waals surface area (Å²) in [5.41, 5.74) is 6.55. The van der Waals surface area contributed by atoms with Crippen molar-refractivity contribution in [2.45, 2.75) is 0 Å². The summed E-state index contributed by atoms with van der Waals surface area (Å²) in [4.78, 5) is 5.66. The molecule has 0 unspecified atom stereocenters. The van der Waals surface area contributed by atoms with Crippen molar-refractivity contribution in [3.63, 3.8) is 0 Å². The van der Waals surface area contributed by atoms with Gasteiger partial charge in [0.1, 0.15) is 22.2 Å². The van der Waals surface area contributed by atoms with Gasteiger partial charge in [-0.25, -0.2) is 0 Å². The van der Waals surface area contributed by atoms with Crippen LogP contribution in [-0.2, 0) is 0 Å². The molecule has 3 heterocycles. The lowest BCUT2D eigenvalue weighted by atomic mass is 10.00. The number of hydrogen-bond donors (Lipinski definition) is 0. The van der Waals surface area contributed by atoms with Gasteiger partial charge in [-0.15, -0.1) is 11.3 Å². The third kappa shape index (κ3) is 3.53. The van der Waals surface area contributed by atoms with E-state index in [1.54, 1.807) is 0 Å². The Bertz CT molecular complexity index is 2790. The van der Waals surface area contributed by atoms with E-state index < -0.39 is 0 Å². The van der Waals surface area contributed by atoms with E-state index in [4.69, 9.17) is 4.98 Å². The molecule has 0 amide bonds. The van der Waals surface area contributed by atoms with Crippen molar-refractivity contribution in [2.75, 3.05) is 0 Å². The first kappa shape index (κ1) is 25.5. The number of fused-ring (bicyclic) bond motifs is 11. The predicted molar refractivity (Wildman–Crippen MR) is 193 cm³/mol. The van der Waals surface area contributed by atoms with Crippen molar-refractivity contribution in [2.24, 2.45) is 0 Å². The SMILES string of the molecule is c1ccc(-c2nc(-n3c4ccccc4c4c5c6ccccc6sc5c5ccccc5c43)[n+](-c3ccccc3)c3ccccc23)cc1. The smallest absolute Gasteiger partial charge is 0.194 e. The van der Waals surface area contributed by atoms with Gasteiger partial charge < -0.3 is 0 Å². The molecule has 0 aliphatic heterocycles. The number of benzene rings is 7. The highest BCUT2D eigenvalue weighted by Gasteiger charge is 2.31. The molecule has 0 atom stereocenters. The molecule has 10 aromatic rings. The lowest BCUT2D eigenvalue weighted by molar-refractivity contribution is -0.564. The van der Waals surface area contributed by atoms with Crippen LogP contribution in [0.2, 0.25) is 0 Å². The molecule has 3 aromatic heterocycles. The van der Waals surface area contributed by atoms with E-state index in [0.717, 1.165) is 39.3 Å². The quantitative estimate of drug-likeness (QED) is 0.184. The Kier molecular flexibility index (Phi) is 5.45. The molecule has 0 saturated carbocycles. The lowest BCUT2D eigenvalue weighted by Crippen LogP contribution is -2.38. The third-order valence-electron chi connectivity index (χ3n) is 9.22. The molecule has 46 heavy (non-hydrogen) atoms. The van der Waals surface area contributed by atoms with Gasteiger partial charge >= 0.3 is 5.95 Å². The molecule has 10 rings (SSSR count). The van der Waals surface area contributed by atoms with Crippen LogP contribution in [0, 0.1) is 0 Å². The van der Waals surface area contributed by atoms with Gasteiger partial charge in [-0.05, 0) is 36.4 Å².